The minimum atomic E-state index is 0.399. The van der Waals surface area contributed by atoms with E-state index in [4.69, 9.17) is 11.6 Å². The van der Waals surface area contributed by atoms with Gasteiger partial charge in [0.25, 0.3) is 0 Å². The number of hydrogen-bond donors (Lipinski definition) is 1. The molecule has 0 aromatic heterocycles. The minimum Gasteiger partial charge on any atom is -0.316 e. The van der Waals surface area contributed by atoms with E-state index in [0.29, 0.717) is 6.04 Å². The Morgan fingerprint density at radius 1 is 1.47 bits per heavy atom. The van der Waals surface area contributed by atoms with E-state index in [2.05, 4.69) is 23.2 Å². The molecule has 80 valence electrons. The van der Waals surface area contributed by atoms with Crippen molar-refractivity contribution in [1.29, 1.82) is 0 Å². The second-order valence-electron chi connectivity index (χ2n) is 3.45. The van der Waals surface area contributed by atoms with E-state index in [1.165, 1.54) is 5.56 Å². The van der Waals surface area contributed by atoms with Gasteiger partial charge in [-0.1, -0.05) is 23.7 Å². The Morgan fingerprint density at radius 2 is 2.27 bits per heavy atom. The molecule has 1 atom stereocenters. The Labute approximate surface area is 96.8 Å². The molecule has 1 rings (SSSR count). The molecule has 15 heavy (non-hydrogen) atoms. The zero-order chi connectivity index (χ0) is 11.1. The maximum atomic E-state index is 5.93. The highest BCUT2D eigenvalue weighted by atomic mass is 35.5. The van der Waals surface area contributed by atoms with Crippen molar-refractivity contribution in [3.8, 4) is 11.8 Å². The number of likely N-dealkylation sites (N-methyl/N-ethyl adjacent to an activating group) is 1. The molecule has 1 nitrogen and oxygen atoms in total. The normalized spacial score (nSPS) is 11.7. The molecule has 1 aromatic rings. The van der Waals surface area contributed by atoms with Crippen LogP contribution in [0.2, 0.25) is 5.02 Å². The summed E-state index contributed by atoms with van der Waals surface area (Å²) in [5, 5.41) is 4.05. The fraction of sp³-hybridized carbons (Fsp3) is 0.385. The maximum Gasteiger partial charge on any atom is 0.0408 e. The summed E-state index contributed by atoms with van der Waals surface area (Å²) in [5.74, 6) is 6.00. The first-order valence-electron chi connectivity index (χ1n) is 5.07. The average Bonchev–Trinajstić information content (AvgIpc) is 2.24. The van der Waals surface area contributed by atoms with Gasteiger partial charge in [0.1, 0.15) is 0 Å². The van der Waals surface area contributed by atoms with Crippen LogP contribution >= 0.6 is 11.6 Å². The Kier molecular flexibility index (Phi) is 5.25. The van der Waals surface area contributed by atoms with Crippen molar-refractivity contribution in [3.05, 3.63) is 34.9 Å². The smallest absolute Gasteiger partial charge is 0.0408 e. The van der Waals surface area contributed by atoms with E-state index >= 15 is 0 Å². The number of hydrogen-bond acceptors (Lipinski definition) is 1. The molecule has 0 aliphatic rings. The van der Waals surface area contributed by atoms with Crippen LogP contribution in [-0.4, -0.2) is 13.1 Å². The van der Waals surface area contributed by atoms with Crippen molar-refractivity contribution >= 4 is 11.6 Å². The van der Waals surface area contributed by atoms with Crippen LogP contribution in [-0.2, 0) is 6.42 Å². The zero-order valence-corrected chi connectivity index (χ0v) is 9.93. The summed E-state index contributed by atoms with van der Waals surface area (Å²) in [6.07, 6.45) is 1.84. The largest absolute Gasteiger partial charge is 0.316 e. The monoisotopic (exact) mass is 221 g/mol. The third-order valence-electron chi connectivity index (χ3n) is 2.30. The van der Waals surface area contributed by atoms with Gasteiger partial charge in [-0.25, -0.2) is 0 Å². The van der Waals surface area contributed by atoms with Crippen LogP contribution < -0.4 is 5.32 Å². The molecule has 0 spiro atoms. The second kappa shape index (κ2) is 6.50. The van der Waals surface area contributed by atoms with Crippen LogP contribution in [0, 0.1) is 11.8 Å². The van der Waals surface area contributed by atoms with Crippen molar-refractivity contribution in [1.82, 2.24) is 5.32 Å². The van der Waals surface area contributed by atoms with Gasteiger partial charge in [0.2, 0.25) is 0 Å². The predicted octanol–water partition coefficient (Wildman–Crippen LogP) is 2.88. The van der Waals surface area contributed by atoms with E-state index in [-0.39, 0.29) is 0 Å². The lowest BCUT2D eigenvalue weighted by atomic mass is 10.0. The van der Waals surface area contributed by atoms with Gasteiger partial charge >= 0.3 is 0 Å². The SMILES string of the molecule is CC#CCC(Cc1cccc(Cl)c1)NC. The molecule has 0 aliphatic carbocycles. The van der Waals surface area contributed by atoms with Crippen molar-refractivity contribution < 1.29 is 0 Å². The van der Waals surface area contributed by atoms with Gasteiger partial charge in [-0.3, -0.25) is 0 Å². The number of nitrogens with one attached hydrogen (secondary N) is 1. The summed E-state index contributed by atoms with van der Waals surface area (Å²) >= 11 is 5.93. The quantitative estimate of drug-likeness (QED) is 0.771. The van der Waals surface area contributed by atoms with E-state index in [1.807, 2.05) is 32.2 Å². The summed E-state index contributed by atoms with van der Waals surface area (Å²) < 4.78 is 0. The van der Waals surface area contributed by atoms with Crippen molar-refractivity contribution in [2.24, 2.45) is 0 Å². The molecular formula is C13H16ClN. The predicted molar refractivity (Wildman–Crippen MR) is 66.1 cm³/mol. The summed E-state index contributed by atoms with van der Waals surface area (Å²) in [4.78, 5) is 0. The zero-order valence-electron chi connectivity index (χ0n) is 9.18. The van der Waals surface area contributed by atoms with Crippen molar-refractivity contribution in [2.75, 3.05) is 7.05 Å². The lowest BCUT2D eigenvalue weighted by Crippen LogP contribution is -2.26. The summed E-state index contributed by atoms with van der Waals surface area (Å²) in [6, 6.07) is 8.37. The van der Waals surface area contributed by atoms with E-state index < -0.39 is 0 Å². The minimum absolute atomic E-state index is 0.399. The molecule has 0 bridgehead atoms. The third-order valence-corrected chi connectivity index (χ3v) is 2.54. The van der Waals surface area contributed by atoms with Crippen molar-refractivity contribution in [2.45, 2.75) is 25.8 Å². The maximum absolute atomic E-state index is 5.93. The first-order chi connectivity index (χ1) is 7.26. The summed E-state index contributed by atoms with van der Waals surface area (Å²) in [6.45, 7) is 1.87. The van der Waals surface area contributed by atoms with E-state index in [9.17, 15) is 0 Å². The van der Waals surface area contributed by atoms with Crippen LogP contribution in [0.4, 0.5) is 0 Å². The number of benzene rings is 1. The molecule has 0 amide bonds. The van der Waals surface area contributed by atoms with E-state index in [1.54, 1.807) is 0 Å². The highest BCUT2D eigenvalue weighted by molar-refractivity contribution is 6.30. The van der Waals surface area contributed by atoms with Crippen LogP contribution in [0.15, 0.2) is 24.3 Å². The Balaban J connectivity index is 2.60. The molecule has 1 N–H and O–H groups in total. The molecular weight excluding hydrogens is 206 g/mol. The summed E-state index contributed by atoms with van der Waals surface area (Å²) in [7, 11) is 1.96. The van der Waals surface area contributed by atoms with Gasteiger partial charge in [0.15, 0.2) is 0 Å². The van der Waals surface area contributed by atoms with Crippen LogP contribution in [0.3, 0.4) is 0 Å². The topological polar surface area (TPSA) is 12.0 Å². The van der Waals surface area contributed by atoms with Gasteiger partial charge in [-0.15, -0.1) is 11.8 Å². The Hall–Kier alpha value is -0.970. The highest BCUT2D eigenvalue weighted by Crippen LogP contribution is 2.12. The Bertz CT molecular complexity index is 362. The second-order valence-corrected chi connectivity index (χ2v) is 3.89. The van der Waals surface area contributed by atoms with Crippen LogP contribution in [0.1, 0.15) is 18.9 Å². The molecule has 1 unspecified atom stereocenters. The molecule has 0 heterocycles. The molecule has 0 saturated heterocycles. The van der Waals surface area contributed by atoms with Crippen molar-refractivity contribution in [3.63, 3.8) is 0 Å². The molecule has 0 aliphatic heterocycles. The van der Waals surface area contributed by atoms with Gasteiger partial charge in [-0.2, -0.15) is 0 Å². The average molecular weight is 222 g/mol. The molecule has 1 aromatic carbocycles. The first kappa shape index (κ1) is 12.1. The summed E-state index contributed by atoms with van der Waals surface area (Å²) in [5.41, 5.74) is 1.25. The number of halogens is 1. The van der Waals surface area contributed by atoms with Gasteiger partial charge in [0, 0.05) is 17.5 Å². The fourth-order valence-electron chi connectivity index (χ4n) is 1.45. The third kappa shape index (κ3) is 4.38. The van der Waals surface area contributed by atoms with Crippen LogP contribution in [0.5, 0.6) is 0 Å². The Morgan fingerprint density at radius 3 is 2.87 bits per heavy atom. The lowest BCUT2D eigenvalue weighted by Gasteiger charge is -2.13. The molecule has 0 saturated carbocycles. The molecule has 0 radical (unpaired) electrons. The van der Waals surface area contributed by atoms with Gasteiger partial charge in [-0.05, 0) is 38.1 Å². The lowest BCUT2D eigenvalue weighted by molar-refractivity contribution is 0.573. The first-order valence-corrected chi connectivity index (χ1v) is 5.45. The van der Waals surface area contributed by atoms with Gasteiger partial charge < -0.3 is 5.32 Å². The van der Waals surface area contributed by atoms with Gasteiger partial charge in [0.05, 0.1) is 0 Å². The van der Waals surface area contributed by atoms with E-state index in [0.717, 1.165) is 17.9 Å². The van der Waals surface area contributed by atoms with Crippen LogP contribution in [0.25, 0.3) is 0 Å². The number of rotatable bonds is 4. The standard InChI is InChI=1S/C13H16ClN/c1-3-4-8-13(15-2)10-11-6-5-7-12(14)9-11/h5-7,9,13,15H,8,10H2,1-2H3. The molecule has 2 heteroatoms. The highest BCUT2D eigenvalue weighted by Gasteiger charge is 2.05. The fourth-order valence-corrected chi connectivity index (χ4v) is 1.66. The molecule has 0 fully saturated rings.